The molecule has 0 aliphatic heterocycles. The number of hydrogen-bond acceptors (Lipinski definition) is 6. The van der Waals surface area contributed by atoms with Crippen molar-refractivity contribution in [2.24, 2.45) is 0 Å². The second-order valence-electron chi connectivity index (χ2n) is 6.76. The number of tetrazole rings is 1. The number of aromatic nitrogens is 4. The van der Waals surface area contributed by atoms with Crippen molar-refractivity contribution < 1.29 is 44.1 Å². The smallest absolute Gasteiger partial charge is 0.504 e. The fourth-order valence-electron chi connectivity index (χ4n) is 2.75. The van der Waals surface area contributed by atoms with Crippen LogP contribution in [0.25, 0.3) is 0 Å². The van der Waals surface area contributed by atoms with Crippen LogP contribution in [0.2, 0.25) is 0 Å². The summed E-state index contributed by atoms with van der Waals surface area (Å²) in [6, 6.07) is 3.47. The van der Waals surface area contributed by atoms with Crippen molar-refractivity contribution in [1.82, 2.24) is 20.6 Å². The average Bonchev–Trinajstić information content (AvgIpc) is 3.13. The van der Waals surface area contributed by atoms with E-state index in [1.807, 2.05) is 6.07 Å². The maximum absolute atomic E-state index is 9.91. The van der Waals surface area contributed by atoms with Gasteiger partial charge in [0.05, 0.1) is 13.7 Å². The summed E-state index contributed by atoms with van der Waals surface area (Å²) in [6.07, 6.45) is 4.91. The molecule has 0 amide bonds. The Kier molecular flexibility index (Phi) is 9.39. The van der Waals surface area contributed by atoms with Crippen LogP contribution in [0.4, 0.5) is 0 Å². The van der Waals surface area contributed by atoms with Gasteiger partial charge in [-0.2, -0.15) is 5.21 Å². The molecule has 0 fully saturated rings. The number of benzene rings is 1. The SMILES string of the molecule is CCc1cc(OC)c(O)cc1OCCCCCC(C)(C)c1nn[nH]n1.[Na+]. The number of rotatable bonds is 10. The molecule has 0 saturated carbocycles. The average molecular weight is 371 g/mol. The largest absolute Gasteiger partial charge is 1.00 e. The summed E-state index contributed by atoms with van der Waals surface area (Å²) in [7, 11) is 1.55. The summed E-state index contributed by atoms with van der Waals surface area (Å²) in [4.78, 5) is 0. The number of aryl methyl sites for hydroxylation is 1. The van der Waals surface area contributed by atoms with Crippen molar-refractivity contribution in [3.8, 4) is 17.2 Å². The summed E-state index contributed by atoms with van der Waals surface area (Å²) < 4.78 is 11.0. The molecule has 0 bridgehead atoms. The van der Waals surface area contributed by atoms with E-state index < -0.39 is 0 Å². The number of aromatic hydroxyl groups is 1. The van der Waals surface area contributed by atoms with Crippen molar-refractivity contribution in [3.05, 3.63) is 23.5 Å². The van der Waals surface area contributed by atoms with Crippen LogP contribution in [0.3, 0.4) is 0 Å². The zero-order chi connectivity index (χ0) is 18.3. The van der Waals surface area contributed by atoms with E-state index in [1.54, 1.807) is 13.2 Å². The second kappa shape index (κ2) is 10.7. The van der Waals surface area contributed by atoms with Crippen LogP contribution in [0.5, 0.6) is 17.2 Å². The first-order valence-corrected chi connectivity index (χ1v) is 8.74. The molecule has 0 unspecified atom stereocenters. The van der Waals surface area contributed by atoms with Gasteiger partial charge in [0.2, 0.25) is 0 Å². The number of methoxy groups -OCH3 is 1. The van der Waals surface area contributed by atoms with Gasteiger partial charge in [-0.15, -0.1) is 10.2 Å². The van der Waals surface area contributed by atoms with Gasteiger partial charge >= 0.3 is 29.6 Å². The number of phenols is 1. The zero-order valence-electron chi connectivity index (χ0n) is 16.5. The molecular weight excluding hydrogens is 343 g/mol. The van der Waals surface area contributed by atoms with Crippen LogP contribution in [-0.2, 0) is 11.8 Å². The maximum atomic E-state index is 9.91. The van der Waals surface area contributed by atoms with Gasteiger partial charge in [0.1, 0.15) is 5.75 Å². The molecule has 1 heterocycles. The van der Waals surface area contributed by atoms with E-state index in [4.69, 9.17) is 9.47 Å². The van der Waals surface area contributed by atoms with Crippen molar-refractivity contribution in [2.75, 3.05) is 13.7 Å². The molecule has 0 saturated heterocycles. The predicted molar refractivity (Wildman–Crippen MR) is 95.2 cm³/mol. The van der Waals surface area contributed by atoms with Gasteiger partial charge in [0.15, 0.2) is 17.3 Å². The Balaban J connectivity index is 0.00000338. The third kappa shape index (κ3) is 6.14. The standard InChI is InChI=1S/C18H28N4O3.Na/c1-5-13-11-16(24-4)14(23)12-15(13)25-10-8-6-7-9-18(2,3)17-19-21-22-20-17;/h11-12,23H,5-10H2,1-4H3,(H,19,20,21,22);/q;+1. The number of phenolic OH excluding ortho intramolecular Hbond substituents is 1. The minimum atomic E-state index is -0.0784. The van der Waals surface area contributed by atoms with Crippen LogP contribution < -0.4 is 39.0 Å². The molecule has 0 aliphatic rings. The summed E-state index contributed by atoms with van der Waals surface area (Å²) >= 11 is 0. The number of aromatic amines is 1. The first-order chi connectivity index (χ1) is 12.0. The van der Waals surface area contributed by atoms with E-state index in [1.165, 1.54) is 0 Å². The van der Waals surface area contributed by atoms with Crippen LogP contribution >= 0.6 is 0 Å². The topological polar surface area (TPSA) is 93.1 Å². The number of unbranched alkanes of at least 4 members (excludes halogenated alkanes) is 2. The fourth-order valence-corrected chi connectivity index (χ4v) is 2.75. The van der Waals surface area contributed by atoms with E-state index in [-0.39, 0.29) is 40.7 Å². The molecule has 0 radical (unpaired) electrons. The van der Waals surface area contributed by atoms with Crippen molar-refractivity contribution in [3.63, 3.8) is 0 Å². The maximum Gasteiger partial charge on any atom is 1.00 e. The van der Waals surface area contributed by atoms with Crippen molar-refractivity contribution in [2.45, 2.75) is 58.3 Å². The molecule has 0 atom stereocenters. The fraction of sp³-hybridized carbons (Fsp3) is 0.611. The third-order valence-electron chi connectivity index (χ3n) is 4.40. The molecule has 26 heavy (non-hydrogen) atoms. The number of nitrogens with zero attached hydrogens (tertiary/aromatic N) is 3. The Hall–Kier alpha value is -1.31. The number of ether oxygens (including phenoxy) is 2. The molecule has 7 nitrogen and oxygen atoms in total. The van der Waals surface area contributed by atoms with Crippen LogP contribution in [0.15, 0.2) is 12.1 Å². The zero-order valence-corrected chi connectivity index (χ0v) is 18.5. The van der Waals surface area contributed by atoms with E-state index in [0.717, 1.165) is 49.2 Å². The third-order valence-corrected chi connectivity index (χ3v) is 4.40. The van der Waals surface area contributed by atoms with Crippen LogP contribution in [0.1, 0.15) is 57.8 Å². The quantitative estimate of drug-likeness (QED) is 0.464. The van der Waals surface area contributed by atoms with Gasteiger partial charge in [-0.1, -0.05) is 38.8 Å². The molecule has 2 N–H and O–H groups in total. The molecule has 1 aromatic carbocycles. The Labute approximate surface area is 177 Å². The monoisotopic (exact) mass is 371 g/mol. The number of H-pyrrole nitrogens is 1. The molecule has 138 valence electrons. The van der Waals surface area contributed by atoms with E-state index in [9.17, 15) is 5.11 Å². The van der Waals surface area contributed by atoms with E-state index in [0.29, 0.717) is 12.4 Å². The molecular formula is C18H28N4NaO3+. The summed E-state index contributed by atoms with van der Waals surface area (Å²) in [6.45, 7) is 6.93. The van der Waals surface area contributed by atoms with Gasteiger partial charge in [0, 0.05) is 11.5 Å². The van der Waals surface area contributed by atoms with Gasteiger partial charge < -0.3 is 14.6 Å². The Morgan fingerprint density at radius 2 is 1.92 bits per heavy atom. The Morgan fingerprint density at radius 3 is 2.54 bits per heavy atom. The Bertz CT molecular complexity index is 663. The van der Waals surface area contributed by atoms with Gasteiger partial charge in [-0.05, 0) is 30.9 Å². The Morgan fingerprint density at radius 1 is 1.15 bits per heavy atom. The summed E-state index contributed by atoms with van der Waals surface area (Å²) in [5, 5.41) is 24.2. The predicted octanol–water partition coefficient (Wildman–Crippen LogP) is 0.397. The molecule has 2 rings (SSSR count). The minimum Gasteiger partial charge on any atom is -0.504 e. The number of nitrogens with one attached hydrogen (secondary N) is 1. The van der Waals surface area contributed by atoms with Crippen LogP contribution in [0, 0.1) is 0 Å². The van der Waals surface area contributed by atoms with E-state index >= 15 is 0 Å². The molecule has 0 spiro atoms. The minimum absolute atomic E-state index is 0. The van der Waals surface area contributed by atoms with Crippen molar-refractivity contribution >= 4 is 0 Å². The number of hydrogen-bond donors (Lipinski definition) is 2. The van der Waals surface area contributed by atoms with Gasteiger partial charge in [-0.3, -0.25) is 0 Å². The normalized spacial score (nSPS) is 11.1. The van der Waals surface area contributed by atoms with E-state index in [2.05, 4.69) is 41.4 Å². The summed E-state index contributed by atoms with van der Waals surface area (Å²) in [5.74, 6) is 2.07. The summed E-state index contributed by atoms with van der Waals surface area (Å²) in [5.41, 5.74) is 0.957. The van der Waals surface area contributed by atoms with Crippen LogP contribution in [-0.4, -0.2) is 39.4 Å². The molecule has 2 aromatic rings. The van der Waals surface area contributed by atoms with Gasteiger partial charge in [-0.25, -0.2) is 0 Å². The second-order valence-corrected chi connectivity index (χ2v) is 6.76. The van der Waals surface area contributed by atoms with Crippen molar-refractivity contribution in [1.29, 1.82) is 0 Å². The molecule has 8 heteroatoms. The first-order valence-electron chi connectivity index (χ1n) is 8.74. The van der Waals surface area contributed by atoms with Gasteiger partial charge in [0.25, 0.3) is 0 Å². The molecule has 0 aliphatic carbocycles. The first kappa shape index (κ1) is 22.7. The molecule has 1 aromatic heterocycles.